The number of hydrogen-bond acceptors (Lipinski definition) is 3. The minimum Gasteiger partial charge on any atom is -0.350 e. The van der Waals surface area contributed by atoms with Crippen LogP contribution in [0.2, 0.25) is 0 Å². The molecule has 6 heteroatoms. The molecule has 0 heterocycles. The zero-order valence-electron chi connectivity index (χ0n) is 14.7. The van der Waals surface area contributed by atoms with E-state index in [0.717, 1.165) is 17.4 Å². The molecule has 136 valence electrons. The van der Waals surface area contributed by atoms with E-state index in [1.54, 1.807) is 18.2 Å². The average Bonchev–Trinajstić information content (AvgIpc) is 3.23. The summed E-state index contributed by atoms with van der Waals surface area (Å²) in [7, 11) is -2.05. The maximum absolute atomic E-state index is 12.2. The topological polar surface area (TPSA) is 75.3 Å². The van der Waals surface area contributed by atoms with Crippen LogP contribution in [0.25, 0.3) is 6.08 Å². The van der Waals surface area contributed by atoms with Gasteiger partial charge in [-0.2, -0.15) is 0 Å². The van der Waals surface area contributed by atoms with Gasteiger partial charge in [-0.15, -0.1) is 0 Å². The zero-order valence-corrected chi connectivity index (χ0v) is 15.6. The molecule has 2 fully saturated rings. The van der Waals surface area contributed by atoms with Gasteiger partial charge < -0.3 is 5.32 Å². The van der Waals surface area contributed by atoms with Crippen molar-refractivity contribution >= 4 is 22.0 Å². The van der Waals surface area contributed by atoms with Gasteiger partial charge >= 0.3 is 0 Å². The van der Waals surface area contributed by atoms with Crippen LogP contribution in [0.5, 0.6) is 0 Å². The van der Waals surface area contributed by atoms with Crippen molar-refractivity contribution in [1.29, 1.82) is 0 Å². The lowest BCUT2D eigenvalue weighted by Crippen LogP contribution is -2.39. The lowest BCUT2D eigenvalue weighted by atomic mass is 9.84. The van der Waals surface area contributed by atoms with Gasteiger partial charge in [-0.1, -0.05) is 18.6 Å². The highest BCUT2D eigenvalue weighted by atomic mass is 32.2. The molecule has 5 nitrogen and oxygen atoms in total. The standard InChI is InChI=1S/C19H26N2O3S/c1-13(18-12-15-3-7-16(18)11-15)21-19(22)10-6-14-4-8-17(9-5-14)25(23,24)20-2/h4-6,8-10,13,15-16,18,20H,3,7,11-12H2,1-2H3,(H,21,22)/b10-6+/t13-,15-,16-,18-/m0/s1. The number of carbonyl (C=O) groups is 1. The molecule has 0 radical (unpaired) electrons. The molecule has 25 heavy (non-hydrogen) atoms. The fourth-order valence-corrected chi connectivity index (χ4v) is 5.06. The third kappa shape index (κ3) is 4.12. The number of fused-ring (bicyclic) bond motifs is 2. The Bertz CT molecular complexity index is 755. The second-order valence-corrected chi connectivity index (χ2v) is 9.13. The van der Waals surface area contributed by atoms with Gasteiger partial charge in [0.15, 0.2) is 0 Å². The third-order valence-corrected chi connectivity index (χ3v) is 7.12. The van der Waals surface area contributed by atoms with Crippen molar-refractivity contribution in [2.24, 2.45) is 17.8 Å². The molecule has 1 amide bonds. The van der Waals surface area contributed by atoms with E-state index in [-0.39, 0.29) is 16.8 Å². The number of benzene rings is 1. The third-order valence-electron chi connectivity index (χ3n) is 5.69. The predicted octanol–water partition coefficient (Wildman–Crippen LogP) is 2.55. The lowest BCUT2D eigenvalue weighted by Gasteiger charge is -2.28. The quantitative estimate of drug-likeness (QED) is 0.764. The van der Waals surface area contributed by atoms with E-state index in [1.165, 1.54) is 50.9 Å². The van der Waals surface area contributed by atoms with E-state index < -0.39 is 10.0 Å². The number of sulfonamides is 1. The Morgan fingerprint density at radius 2 is 1.92 bits per heavy atom. The van der Waals surface area contributed by atoms with Crippen molar-refractivity contribution in [3.8, 4) is 0 Å². The van der Waals surface area contributed by atoms with Gasteiger partial charge in [-0.25, -0.2) is 13.1 Å². The van der Waals surface area contributed by atoms with Gasteiger partial charge in [0.25, 0.3) is 0 Å². The first-order valence-corrected chi connectivity index (χ1v) is 10.4. The Balaban J connectivity index is 1.55. The summed E-state index contributed by atoms with van der Waals surface area (Å²) in [6.07, 6.45) is 8.48. The van der Waals surface area contributed by atoms with E-state index in [2.05, 4.69) is 17.0 Å². The molecule has 0 spiro atoms. The summed E-state index contributed by atoms with van der Waals surface area (Å²) >= 11 is 0. The van der Waals surface area contributed by atoms with Crippen LogP contribution in [0, 0.1) is 17.8 Å². The number of nitrogens with one attached hydrogen (secondary N) is 2. The summed E-state index contributed by atoms with van der Waals surface area (Å²) in [5.74, 6) is 2.17. The van der Waals surface area contributed by atoms with Gasteiger partial charge in [0.1, 0.15) is 0 Å². The van der Waals surface area contributed by atoms with Crippen LogP contribution < -0.4 is 10.0 Å². The van der Waals surface area contributed by atoms with Gasteiger partial charge in [0.2, 0.25) is 15.9 Å². The first kappa shape index (κ1) is 18.1. The minimum absolute atomic E-state index is 0.0952. The van der Waals surface area contributed by atoms with Crippen molar-refractivity contribution in [1.82, 2.24) is 10.0 Å². The van der Waals surface area contributed by atoms with Crippen molar-refractivity contribution in [2.75, 3.05) is 7.05 Å². The highest BCUT2D eigenvalue weighted by Gasteiger charge is 2.41. The molecule has 2 N–H and O–H groups in total. The highest BCUT2D eigenvalue weighted by molar-refractivity contribution is 7.89. The molecule has 0 unspecified atom stereocenters. The molecular formula is C19H26N2O3S. The summed E-state index contributed by atoms with van der Waals surface area (Å²) in [5.41, 5.74) is 0.790. The second-order valence-electron chi connectivity index (χ2n) is 7.25. The predicted molar refractivity (Wildman–Crippen MR) is 98.3 cm³/mol. The molecular weight excluding hydrogens is 336 g/mol. The molecule has 2 aliphatic carbocycles. The highest BCUT2D eigenvalue weighted by Crippen LogP contribution is 2.49. The zero-order chi connectivity index (χ0) is 18.0. The van der Waals surface area contributed by atoms with Gasteiger partial charge in [-0.3, -0.25) is 4.79 Å². The number of hydrogen-bond donors (Lipinski definition) is 2. The van der Waals surface area contributed by atoms with Crippen molar-refractivity contribution < 1.29 is 13.2 Å². The Hall–Kier alpha value is -1.66. The Morgan fingerprint density at radius 3 is 2.48 bits per heavy atom. The van der Waals surface area contributed by atoms with E-state index in [1.807, 2.05) is 0 Å². The van der Waals surface area contributed by atoms with Gasteiger partial charge in [-0.05, 0) is 74.8 Å². The maximum Gasteiger partial charge on any atom is 0.244 e. The summed E-state index contributed by atoms with van der Waals surface area (Å²) in [5, 5.41) is 3.09. The number of rotatable bonds is 6. The van der Waals surface area contributed by atoms with Crippen LogP contribution in [-0.2, 0) is 14.8 Å². The van der Waals surface area contributed by atoms with Crippen LogP contribution >= 0.6 is 0 Å². The summed E-state index contributed by atoms with van der Waals surface area (Å²) < 4.78 is 25.7. The molecule has 0 saturated heterocycles. The lowest BCUT2D eigenvalue weighted by molar-refractivity contribution is -0.117. The molecule has 0 aliphatic heterocycles. The second kappa shape index (κ2) is 7.30. The van der Waals surface area contributed by atoms with Crippen molar-refractivity contribution in [3.05, 3.63) is 35.9 Å². The first-order valence-electron chi connectivity index (χ1n) is 8.91. The fourth-order valence-electron chi connectivity index (χ4n) is 4.33. The molecule has 2 bridgehead atoms. The number of carbonyl (C=O) groups excluding carboxylic acids is 1. The van der Waals surface area contributed by atoms with Crippen LogP contribution in [-0.4, -0.2) is 27.4 Å². The molecule has 4 atom stereocenters. The van der Waals surface area contributed by atoms with E-state index in [0.29, 0.717) is 5.92 Å². The van der Waals surface area contributed by atoms with Crippen molar-refractivity contribution in [3.63, 3.8) is 0 Å². The maximum atomic E-state index is 12.2. The smallest absolute Gasteiger partial charge is 0.244 e. The molecule has 1 aromatic carbocycles. The normalized spacial score (nSPS) is 26.9. The molecule has 2 saturated carbocycles. The van der Waals surface area contributed by atoms with Crippen LogP contribution in [0.4, 0.5) is 0 Å². The molecule has 0 aromatic heterocycles. The van der Waals surface area contributed by atoms with Gasteiger partial charge in [0.05, 0.1) is 4.90 Å². The summed E-state index contributed by atoms with van der Waals surface area (Å²) in [4.78, 5) is 12.4. The number of amides is 1. The first-order chi connectivity index (χ1) is 11.9. The van der Waals surface area contributed by atoms with Crippen molar-refractivity contribution in [2.45, 2.75) is 43.5 Å². The van der Waals surface area contributed by atoms with E-state index in [4.69, 9.17) is 0 Å². The average molecular weight is 362 g/mol. The van der Waals surface area contributed by atoms with Gasteiger partial charge in [0, 0.05) is 12.1 Å². The molecule has 3 rings (SSSR count). The van der Waals surface area contributed by atoms with Crippen LogP contribution in [0.15, 0.2) is 35.2 Å². The SMILES string of the molecule is CNS(=O)(=O)c1ccc(/C=C/C(=O)N[C@@H](C)[C@@H]2C[C@H]3CC[C@H]2C3)cc1. The van der Waals surface area contributed by atoms with Crippen LogP contribution in [0.1, 0.15) is 38.2 Å². The summed E-state index contributed by atoms with van der Waals surface area (Å²) in [6, 6.07) is 6.64. The Labute approximate surface area is 149 Å². The Kier molecular flexibility index (Phi) is 5.29. The summed E-state index contributed by atoms with van der Waals surface area (Å²) in [6.45, 7) is 2.11. The minimum atomic E-state index is -3.43. The van der Waals surface area contributed by atoms with Crippen LogP contribution in [0.3, 0.4) is 0 Å². The Morgan fingerprint density at radius 1 is 1.20 bits per heavy atom. The molecule has 1 aromatic rings. The van der Waals surface area contributed by atoms with E-state index >= 15 is 0 Å². The largest absolute Gasteiger partial charge is 0.350 e. The monoisotopic (exact) mass is 362 g/mol. The molecule has 2 aliphatic rings. The van der Waals surface area contributed by atoms with E-state index in [9.17, 15) is 13.2 Å². The fraction of sp³-hybridized carbons (Fsp3) is 0.526.